The molecule has 0 aliphatic heterocycles. The van der Waals surface area contributed by atoms with Crippen molar-refractivity contribution in [1.29, 1.82) is 0 Å². The number of hydrogen-bond acceptors (Lipinski definition) is 6. The van der Waals surface area contributed by atoms with Crippen LogP contribution in [0.15, 0.2) is 32.5 Å². The Balaban J connectivity index is 2.38. The Kier molecular flexibility index (Phi) is 4.64. The zero-order chi connectivity index (χ0) is 15.6. The van der Waals surface area contributed by atoms with Crippen molar-refractivity contribution in [2.45, 2.75) is 10.6 Å². The predicted octanol–water partition coefficient (Wildman–Crippen LogP) is 1.56. The van der Waals surface area contributed by atoms with Crippen LogP contribution in [-0.4, -0.2) is 30.7 Å². The van der Waals surface area contributed by atoms with E-state index < -0.39 is 21.0 Å². The number of methoxy groups -OCH3 is 1. The topological polar surface area (TPSA) is 102 Å². The Morgan fingerprint density at radius 1 is 1.43 bits per heavy atom. The summed E-state index contributed by atoms with van der Waals surface area (Å²) in [7, 11) is -2.35. The summed E-state index contributed by atoms with van der Waals surface area (Å²) < 4.78 is 29.8. The van der Waals surface area contributed by atoms with Crippen LogP contribution in [0.2, 0.25) is 5.15 Å². The first-order valence-corrected chi connectivity index (χ1v) is 8.32. The number of hydrogen-bond donors (Lipinski definition) is 1. The van der Waals surface area contributed by atoms with E-state index >= 15 is 0 Å². The first kappa shape index (κ1) is 15.9. The number of H-pyrrole nitrogens is 1. The third-order valence-electron chi connectivity index (χ3n) is 2.50. The van der Waals surface area contributed by atoms with Crippen LogP contribution in [0.5, 0.6) is 5.88 Å². The van der Waals surface area contributed by atoms with E-state index in [-0.39, 0.29) is 21.6 Å². The van der Waals surface area contributed by atoms with Gasteiger partial charge in [0, 0.05) is 12.3 Å². The molecule has 0 amide bonds. The normalized spacial score (nSPS) is 11.4. The van der Waals surface area contributed by atoms with E-state index in [0.29, 0.717) is 4.47 Å². The number of aromatic amines is 1. The maximum atomic E-state index is 12.3. The Labute approximate surface area is 133 Å². The minimum absolute atomic E-state index is 0.0370. The van der Waals surface area contributed by atoms with Crippen LogP contribution in [0.25, 0.3) is 0 Å². The molecule has 0 unspecified atom stereocenters. The van der Waals surface area contributed by atoms with Crippen molar-refractivity contribution in [3.05, 3.63) is 43.9 Å². The highest BCUT2D eigenvalue weighted by Crippen LogP contribution is 2.25. The van der Waals surface area contributed by atoms with Gasteiger partial charge < -0.3 is 4.74 Å². The van der Waals surface area contributed by atoms with Crippen LogP contribution in [0, 0.1) is 0 Å². The Morgan fingerprint density at radius 3 is 2.71 bits per heavy atom. The van der Waals surface area contributed by atoms with Gasteiger partial charge in [-0.2, -0.15) is 5.10 Å². The molecule has 2 aromatic heterocycles. The number of ether oxygens (including phenoxy) is 1. The highest BCUT2D eigenvalue weighted by Gasteiger charge is 2.20. The minimum Gasteiger partial charge on any atom is -0.480 e. The van der Waals surface area contributed by atoms with Gasteiger partial charge in [0.1, 0.15) is 16.6 Å². The maximum absolute atomic E-state index is 12.3. The second kappa shape index (κ2) is 6.12. The van der Waals surface area contributed by atoms with Gasteiger partial charge in [0.05, 0.1) is 16.5 Å². The van der Waals surface area contributed by atoms with Crippen LogP contribution >= 0.6 is 27.5 Å². The molecule has 0 spiro atoms. The van der Waals surface area contributed by atoms with E-state index in [0.717, 1.165) is 12.3 Å². The van der Waals surface area contributed by atoms with Crippen molar-refractivity contribution in [2.24, 2.45) is 0 Å². The van der Waals surface area contributed by atoms with Gasteiger partial charge in [0.2, 0.25) is 11.3 Å². The summed E-state index contributed by atoms with van der Waals surface area (Å²) in [5.41, 5.74) is -0.700. The lowest BCUT2D eigenvalue weighted by molar-refractivity contribution is 0.394. The van der Waals surface area contributed by atoms with Crippen molar-refractivity contribution in [3.8, 4) is 5.88 Å². The lowest BCUT2D eigenvalue weighted by Gasteiger charge is -2.06. The van der Waals surface area contributed by atoms with Gasteiger partial charge in [-0.25, -0.2) is 13.4 Å². The molecule has 0 fully saturated rings. The van der Waals surface area contributed by atoms with E-state index in [1.165, 1.54) is 13.2 Å². The first-order valence-electron chi connectivity index (χ1n) is 5.50. The van der Waals surface area contributed by atoms with Crippen LogP contribution < -0.4 is 10.2 Å². The average Bonchev–Trinajstić information content (AvgIpc) is 2.42. The molecule has 112 valence electrons. The van der Waals surface area contributed by atoms with Crippen molar-refractivity contribution >= 4 is 37.4 Å². The van der Waals surface area contributed by atoms with E-state index in [2.05, 4.69) is 31.1 Å². The molecule has 0 saturated carbocycles. The fourth-order valence-corrected chi connectivity index (χ4v) is 3.55. The van der Waals surface area contributed by atoms with Crippen molar-refractivity contribution in [3.63, 3.8) is 0 Å². The number of halogens is 2. The fraction of sp³-hybridized carbons (Fsp3) is 0.182. The van der Waals surface area contributed by atoms with E-state index in [4.69, 9.17) is 16.3 Å². The van der Waals surface area contributed by atoms with Gasteiger partial charge in [-0.3, -0.25) is 9.89 Å². The zero-order valence-electron chi connectivity index (χ0n) is 10.6. The number of aromatic nitrogens is 3. The Bertz CT molecular complexity index is 838. The molecule has 0 aromatic carbocycles. The second-order valence-corrected chi connectivity index (χ2v) is 7.20. The lowest BCUT2D eigenvalue weighted by Crippen LogP contribution is -2.17. The Morgan fingerprint density at radius 2 is 2.14 bits per heavy atom. The predicted molar refractivity (Wildman–Crippen MR) is 79.2 cm³/mol. The molecule has 21 heavy (non-hydrogen) atoms. The van der Waals surface area contributed by atoms with E-state index in [1.54, 1.807) is 0 Å². The smallest absolute Gasteiger partial charge is 0.227 e. The van der Waals surface area contributed by atoms with Gasteiger partial charge in [-0.05, 0) is 22.0 Å². The summed E-state index contributed by atoms with van der Waals surface area (Å²) in [6, 6.07) is 2.42. The Hall–Kier alpha value is -1.45. The third-order valence-corrected chi connectivity index (χ3v) is 4.86. The van der Waals surface area contributed by atoms with Gasteiger partial charge >= 0.3 is 0 Å². The first-order chi connectivity index (χ1) is 9.83. The van der Waals surface area contributed by atoms with E-state index in [9.17, 15) is 13.2 Å². The number of nitrogens with one attached hydrogen (secondary N) is 1. The minimum atomic E-state index is -3.77. The largest absolute Gasteiger partial charge is 0.480 e. The quantitative estimate of drug-likeness (QED) is 0.844. The highest BCUT2D eigenvalue weighted by molar-refractivity contribution is 9.10. The van der Waals surface area contributed by atoms with Crippen LogP contribution in [0.1, 0.15) is 5.69 Å². The molecule has 0 atom stereocenters. The van der Waals surface area contributed by atoms with Crippen molar-refractivity contribution in [1.82, 2.24) is 15.2 Å². The number of pyridine rings is 1. The zero-order valence-corrected chi connectivity index (χ0v) is 13.8. The number of sulfone groups is 1. The summed E-state index contributed by atoms with van der Waals surface area (Å²) in [5.74, 6) is -0.295. The summed E-state index contributed by atoms with van der Waals surface area (Å²) in [6.45, 7) is 0. The summed E-state index contributed by atoms with van der Waals surface area (Å²) >= 11 is 8.72. The standard InChI is InChI=1S/C11H9BrClN3O4S/c1-20-11-7(12)2-6(4-14-11)21(18,19)5-8-9(17)3-10(13)16-15-8/h2-4H,5H2,1H3,(H,16,17). The molecular formula is C11H9BrClN3O4S. The van der Waals surface area contributed by atoms with Crippen LogP contribution in [0.3, 0.4) is 0 Å². The van der Waals surface area contributed by atoms with Crippen molar-refractivity contribution in [2.75, 3.05) is 7.11 Å². The molecule has 10 heteroatoms. The maximum Gasteiger partial charge on any atom is 0.227 e. The van der Waals surface area contributed by atoms with Crippen LogP contribution in [0.4, 0.5) is 0 Å². The van der Waals surface area contributed by atoms with Gasteiger partial charge in [-0.1, -0.05) is 11.6 Å². The lowest BCUT2D eigenvalue weighted by atomic mass is 10.4. The van der Waals surface area contributed by atoms with Gasteiger partial charge in [-0.15, -0.1) is 0 Å². The highest BCUT2D eigenvalue weighted by atomic mass is 79.9. The monoisotopic (exact) mass is 393 g/mol. The second-order valence-electron chi connectivity index (χ2n) is 3.95. The van der Waals surface area contributed by atoms with E-state index in [1.807, 2.05) is 0 Å². The molecule has 2 aromatic rings. The molecule has 0 bridgehead atoms. The SMILES string of the molecule is COc1ncc(S(=O)(=O)Cc2n[nH]c(Cl)cc2=O)cc1Br. The molecule has 0 aliphatic rings. The molecule has 0 saturated heterocycles. The molecular weight excluding hydrogens is 386 g/mol. The number of nitrogens with zero attached hydrogens (tertiary/aromatic N) is 2. The third kappa shape index (κ3) is 3.60. The molecule has 2 heterocycles. The summed E-state index contributed by atoms with van der Waals surface area (Å²) in [5, 5.41) is 6.03. The fourth-order valence-electron chi connectivity index (χ4n) is 1.50. The molecule has 1 N–H and O–H groups in total. The van der Waals surface area contributed by atoms with Gasteiger partial charge in [0.25, 0.3) is 0 Å². The summed E-state index contributed by atoms with van der Waals surface area (Å²) in [4.78, 5) is 15.5. The number of rotatable bonds is 4. The van der Waals surface area contributed by atoms with Crippen molar-refractivity contribution < 1.29 is 13.2 Å². The molecule has 7 nitrogen and oxygen atoms in total. The molecule has 0 aliphatic carbocycles. The molecule has 2 rings (SSSR count). The van der Waals surface area contributed by atoms with Crippen LogP contribution in [-0.2, 0) is 15.6 Å². The average molecular weight is 395 g/mol. The molecule has 0 radical (unpaired) electrons. The summed E-state index contributed by atoms with van der Waals surface area (Å²) in [6.07, 6.45) is 1.16. The van der Waals surface area contributed by atoms with Gasteiger partial charge in [0.15, 0.2) is 9.84 Å².